The molecule has 2 aromatic carbocycles. The van der Waals surface area contributed by atoms with Gasteiger partial charge in [-0.15, -0.1) is 0 Å². The van der Waals surface area contributed by atoms with Gasteiger partial charge in [-0.1, -0.05) is 42.5 Å². The zero-order valence-electron chi connectivity index (χ0n) is 13.2. The number of nitrogens with one attached hydrogen (secondary N) is 1. The molecule has 23 heavy (non-hydrogen) atoms. The summed E-state index contributed by atoms with van der Waals surface area (Å²) in [6.45, 7) is 1.60. The highest BCUT2D eigenvalue weighted by molar-refractivity contribution is 5.78. The molecule has 0 spiro atoms. The number of aliphatic hydroxyl groups excluding tert-OH is 1. The van der Waals surface area contributed by atoms with E-state index < -0.39 is 12.1 Å². The van der Waals surface area contributed by atoms with Crippen molar-refractivity contribution in [3.05, 3.63) is 60.2 Å². The monoisotopic (exact) mass is 315 g/mol. The number of ether oxygens (including phenoxy) is 2. The fourth-order valence-corrected chi connectivity index (χ4v) is 2.19. The molecule has 0 saturated carbocycles. The Morgan fingerprint density at radius 1 is 1.09 bits per heavy atom. The van der Waals surface area contributed by atoms with Crippen molar-refractivity contribution in [2.75, 3.05) is 13.7 Å². The molecule has 0 radical (unpaired) electrons. The Morgan fingerprint density at radius 2 is 1.70 bits per heavy atom. The van der Waals surface area contributed by atoms with E-state index in [9.17, 15) is 9.90 Å². The van der Waals surface area contributed by atoms with Gasteiger partial charge < -0.3 is 19.9 Å². The lowest BCUT2D eigenvalue weighted by molar-refractivity contribution is -0.124. The Morgan fingerprint density at radius 3 is 2.35 bits per heavy atom. The molecule has 0 aliphatic rings. The van der Waals surface area contributed by atoms with E-state index in [1.54, 1.807) is 32.2 Å². The third kappa shape index (κ3) is 4.72. The van der Waals surface area contributed by atoms with Crippen LogP contribution >= 0.6 is 0 Å². The minimum absolute atomic E-state index is 0.147. The maximum absolute atomic E-state index is 12.0. The number of carbonyl (C=O) groups excluding carboxylic acids is 1. The first-order valence-electron chi connectivity index (χ1n) is 7.40. The first kappa shape index (κ1) is 16.8. The fourth-order valence-electron chi connectivity index (χ4n) is 2.19. The molecule has 5 heteroatoms. The number of para-hydroxylation sites is 2. The third-order valence-corrected chi connectivity index (χ3v) is 3.43. The lowest BCUT2D eigenvalue weighted by atomic mass is 10.0. The highest BCUT2D eigenvalue weighted by Crippen LogP contribution is 2.25. The van der Waals surface area contributed by atoms with Crippen molar-refractivity contribution in [3.63, 3.8) is 0 Å². The van der Waals surface area contributed by atoms with E-state index in [2.05, 4.69) is 5.32 Å². The van der Waals surface area contributed by atoms with Gasteiger partial charge in [0.25, 0.3) is 5.91 Å². The van der Waals surface area contributed by atoms with E-state index in [-0.39, 0.29) is 12.5 Å². The molecule has 2 aromatic rings. The van der Waals surface area contributed by atoms with Crippen molar-refractivity contribution >= 4 is 5.91 Å². The van der Waals surface area contributed by atoms with Crippen molar-refractivity contribution < 1.29 is 19.4 Å². The van der Waals surface area contributed by atoms with Gasteiger partial charge in [-0.3, -0.25) is 4.79 Å². The Bertz CT molecular complexity index is 630. The van der Waals surface area contributed by atoms with Crippen LogP contribution in [0.15, 0.2) is 54.6 Å². The SMILES string of the molecule is COc1ccccc1OCC(=O)NC(C)C(O)c1ccccc1. The van der Waals surface area contributed by atoms with Gasteiger partial charge in [-0.25, -0.2) is 0 Å². The molecule has 0 heterocycles. The van der Waals surface area contributed by atoms with Gasteiger partial charge >= 0.3 is 0 Å². The summed E-state index contributed by atoms with van der Waals surface area (Å²) < 4.78 is 10.6. The third-order valence-electron chi connectivity index (χ3n) is 3.43. The predicted molar refractivity (Wildman–Crippen MR) is 87.5 cm³/mol. The van der Waals surface area contributed by atoms with Gasteiger partial charge in [0.15, 0.2) is 18.1 Å². The van der Waals surface area contributed by atoms with E-state index in [4.69, 9.17) is 9.47 Å². The quantitative estimate of drug-likeness (QED) is 0.823. The van der Waals surface area contributed by atoms with Gasteiger partial charge in [-0.2, -0.15) is 0 Å². The molecule has 0 aliphatic heterocycles. The van der Waals surface area contributed by atoms with Gasteiger partial charge in [0, 0.05) is 0 Å². The van der Waals surface area contributed by atoms with E-state index in [0.717, 1.165) is 5.56 Å². The standard InChI is InChI=1S/C18H21NO4/c1-13(18(21)14-8-4-3-5-9-14)19-17(20)12-23-16-11-7-6-10-15(16)22-2/h3-11,13,18,21H,12H2,1-2H3,(H,19,20). The minimum Gasteiger partial charge on any atom is -0.493 e. The Kier molecular flexibility index (Phi) is 6.00. The predicted octanol–water partition coefficient (Wildman–Crippen LogP) is 2.31. The molecule has 122 valence electrons. The largest absolute Gasteiger partial charge is 0.493 e. The lowest BCUT2D eigenvalue weighted by Crippen LogP contribution is -2.39. The molecular weight excluding hydrogens is 294 g/mol. The number of rotatable bonds is 7. The zero-order chi connectivity index (χ0) is 16.7. The molecule has 0 fully saturated rings. The van der Waals surface area contributed by atoms with Crippen LogP contribution in [0.3, 0.4) is 0 Å². The molecule has 5 nitrogen and oxygen atoms in total. The minimum atomic E-state index is -0.772. The van der Waals surface area contributed by atoms with Crippen LogP contribution in [0.4, 0.5) is 0 Å². The molecule has 0 aromatic heterocycles. The lowest BCUT2D eigenvalue weighted by Gasteiger charge is -2.20. The van der Waals surface area contributed by atoms with Crippen LogP contribution in [0.5, 0.6) is 11.5 Å². The number of methoxy groups -OCH3 is 1. The smallest absolute Gasteiger partial charge is 0.258 e. The summed E-state index contributed by atoms with van der Waals surface area (Å²) >= 11 is 0. The molecule has 1 amide bonds. The van der Waals surface area contributed by atoms with Crippen molar-refractivity contribution in [2.45, 2.75) is 19.1 Å². The van der Waals surface area contributed by atoms with Crippen molar-refractivity contribution in [1.82, 2.24) is 5.32 Å². The number of hydrogen-bond donors (Lipinski definition) is 2. The van der Waals surface area contributed by atoms with Crippen LogP contribution in [0, 0.1) is 0 Å². The molecule has 2 rings (SSSR count). The molecular formula is C18H21NO4. The van der Waals surface area contributed by atoms with Crippen molar-refractivity contribution in [2.24, 2.45) is 0 Å². The van der Waals surface area contributed by atoms with E-state index in [0.29, 0.717) is 11.5 Å². The maximum Gasteiger partial charge on any atom is 0.258 e. The number of benzene rings is 2. The molecule has 0 aliphatic carbocycles. The topological polar surface area (TPSA) is 67.8 Å². The van der Waals surface area contributed by atoms with E-state index in [1.807, 2.05) is 36.4 Å². The summed E-state index contributed by atoms with van der Waals surface area (Å²) in [6.07, 6.45) is -0.772. The first-order chi connectivity index (χ1) is 11.1. The normalized spacial score (nSPS) is 13.0. The summed E-state index contributed by atoms with van der Waals surface area (Å²) in [6, 6.07) is 15.9. The van der Waals surface area contributed by atoms with E-state index in [1.165, 1.54) is 0 Å². The Hall–Kier alpha value is -2.53. The second kappa shape index (κ2) is 8.19. The van der Waals surface area contributed by atoms with Crippen molar-refractivity contribution in [1.29, 1.82) is 0 Å². The van der Waals surface area contributed by atoms with Crippen molar-refractivity contribution in [3.8, 4) is 11.5 Å². The second-order valence-electron chi connectivity index (χ2n) is 5.15. The Labute approximate surface area is 135 Å². The Balaban J connectivity index is 1.87. The van der Waals surface area contributed by atoms with Crippen LogP contribution < -0.4 is 14.8 Å². The fraction of sp³-hybridized carbons (Fsp3) is 0.278. The highest BCUT2D eigenvalue weighted by atomic mass is 16.5. The summed E-state index contributed by atoms with van der Waals surface area (Å²) in [5, 5.41) is 13.0. The summed E-state index contributed by atoms with van der Waals surface area (Å²) in [5.41, 5.74) is 0.756. The van der Waals surface area contributed by atoms with Gasteiger partial charge in [0.1, 0.15) is 0 Å². The van der Waals surface area contributed by atoms with Crippen LogP contribution in [0.25, 0.3) is 0 Å². The summed E-state index contributed by atoms with van der Waals surface area (Å²) in [5.74, 6) is 0.762. The average Bonchev–Trinajstić information content (AvgIpc) is 2.60. The summed E-state index contributed by atoms with van der Waals surface area (Å²) in [7, 11) is 1.54. The number of aliphatic hydroxyl groups is 1. The first-order valence-corrected chi connectivity index (χ1v) is 7.40. The van der Waals surface area contributed by atoms with Gasteiger partial charge in [0.2, 0.25) is 0 Å². The van der Waals surface area contributed by atoms with Gasteiger partial charge in [-0.05, 0) is 24.6 Å². The van der Waals surface area contributed by atoms with Crippen LogP contribution in [0.1, 0.15) is 18.6 Å². The zero-order valence-corrected chi connectivity index (χ0v) is 13.2. The van der Waals surface area contributed by atoms with E-state index >= 15 is 0 Å². The highest BCUT2D eigenvalue weighted by Gasteiger charge is 2.18. The molecule has 2 unspecified atom stereocenters. The average molecular weight is 315 g/mol. The molecule has 2 atom stereocenters. The van der Waals surface area contributed by atoms with Gasteiger partial charge in [0.05, 0.1) is 19.3 Å². The second-order valence-corrected chi connectivity index (χ2v) is 5.15. The maximum atomic E-state index is 12.0. The van der Waals surface area contributed by atoms with Crippen LogP contribution in [-0.2, 0) is 4.79 Å². The van der Waals surface area contributed by atoms with Crippen LogP contribution in [0.2, 0.25) is 0 Å². The molecule has 0 saturated heterocycles. The number of carbonyl (C=O) groups is 1. The number of hydrogen-bond acceptors (Lipinski definition) is 4. The molecule has 0 bridgehead atoms. The molecule has 2 N–H and O–H groups in total. The summed E-state index contributed by atoms with van der Waals surface area (Å²) in [4.78, 5) is 12.0. The van der Waals surface area contributed by atoms with Crippen LogP contribution in [-0.4, -0.2) is 30.8 Å². The number of amides is 1.